The normalized spacial score (nSPS) is 15.1. The minimum absolute atomic E-state index is 0.181. The van der Waals surface area contributed by atoms with Gasteiger partial charge < -0.3 is 15.4 Å². The van der Waals surface area contributed by atoms with E-state index in [9.17, 15) is 5.11 Å². The van der Waals surface area contributed by atoms with Gasteiger partial charge in [-0.05, 0) is 32.0 Å². The molecule has 0 aliphatic carbocycles. The Kier molecular flexibility index (Phi) is 3.38. The summed E-state index contributed by atoms with van der Waals surface area (Å²) in [6, 6.07) is 5.33. The van der Waals surface area contributed by atoms with Crippen LogP contribution in [0.25, 0.3) is 11.0 Å². The van der Waals surface area contributed by atoms with Crippen LogP contribution in [0, 0.1) is 0 Å². The number of benzene rings is 1. The lowest BCUT2D eigenvalue weighted by atomic mass is 10.3. The quantitative estimate of drug-likeness (QED) is 0.880. The molecule has 17 heavy (non-hydrogen) atoms. The minimum Gasteiger partial charge on any atom is -0.392 e. The van der Waals surface area contributed by atoms with Gasteiger partial charge in [-0.25, -0.2) is 4.98 Å². The first-order chi connectivity index (χ1) is 7.99. The average Bonchev–Trinajstić information content (AvgIpc) is 2.56. The Bertz CT molecular complexity index is 534. The molecule has 2 unspecified atom stereocenters. The van der Waals surface area contributed by atoms with Crippen molar-refractivity contribution < 1.29 is 5.11 Å². The van der Waals surface area contributed by atoms with E-state index in [0.29, 0.717) is 11.6 Å². The summed E-state index contributed by atoms with van der Waals surface area (Å²) < 4.78 is 1.93. The van der Waals surface area contributed by atoms with Crippen molar-refractivity contribution in [3.63, 3.8) is 0 Å². The van der Waals surface area contributed by atoms with Crippen molar-refractivity contribution in [1.82, 2.24) is 9.55 Å². The highest BCUT2D eigenvalue weighted by Crippen LogP contribution is 2.23. The maximum absolute atomic E-state index is 9.54. The standard InChI is InChI=1S/C12H16ClN3O/c1-7(17)6-16-11-5-9(13)3-4-10(11)15-12(16)8(2)14/h3-5,7-8,17H,6,14H2,1-2H3. The van der Waals surface area contributed by atoms with Gasteiger partial charge in [-0.3, -0.25) is 0 Å². The summed E-state index contributed by atoms with van der Waals surface area (Å²) >= 11 is 5.98. The maximum atomic E-state index is 9.54. The molecule has 3 N–H and O–H groups in total. The van der Waals surface area contributed by atoms with Crippen molar-refractivity contribution in [2.75, 3.05) is 0 Å². The molecular formula is C12H16ClN3O. The Morgan fingerprint density at radius 2 is 2.18 bits per heavy atom. The maximum Gasteiger partial charge on any atom is 0.126 e. The van der Waals surface area contributed by atoms with Crippen LogP contribution >= 0.6 is 11.6 Å². The number of halogens is 1. The summed E-state index contributed by atoms with van der Waals surface area (Å²) in [5, 5.41) is 10.2. The van der Waals surface area contributed by atoms with Crippen LogP contribution in [0.5, 0.6) is 0 Å². The Hall–Kier alpha value is -1.10. The first-order valence-corrected chi connectivity index (χ1v) is 5.96. The molecule has 0 spiro atoms. The third kappa shape index (κ3) is 2.44. The number of hydrogen-bond acceptors (Lipinski definition) is 3. The lowest BCUT2D eigenvalue weighted by Crippen LogP contribution is -2.18. The topological polar surface area (TPSA) is 64.1 Å². The van der Waals surface area contributed by atoms with Crippen LogP contribution in [0.3, 0.4) is 0 Å². The molecule has 1 aromatic heterocycles. The molecule has 0 aliphatic rings. The first kappa shape index (κ1) is 12.4. The predicted octanol–water partition coefficient (Wildman–Crippen LogP) is 2.09. The van der Waals surface area contributed by atoms with Crippen LogP contribution < -0.4 is 5.73 Å². The largest absolute Gasteiger partial charge is 0.392 e. The number of imidazole rings is 1. The second-order valence-corrected chi connectivity index (χ2v) is 4.79. The van der Waals surface area contributed by atoms with Crippen molar-refractivity contribution in [3.05, 3.63) is 29.0 Å². The van der Waals surface area contributed by atoms with Crippen LogP contribution in [0.4, 0.5) is 0 Å². The van der Waals surface area contributed by atoms with E-state index in [4.69, 9.17) is 17.3 Å². The third-order valence-electron chi connectivity index (χ3n) is 2.59. The highest BCUT2D eigenvalue weighted by atomic mass is 35.5. The molecule has 4 nitrogen and oxygen atoms in total. The Morgan fingerprint density at radius 3 is 2.76 bits per heavy atom. The van der Waals surface area contributed by atoms with E-state index in [0.717, 1.165) is 16.9 Å². The van der Waals surface area contributed by atoms with Crippen molar-refractivity contribution in [3.8, 4) is 0 Å². The molecule has 0 saturated heterocycles. The smallest absolute Gasteiger partial charge is 0.126 e. The van der Waals surface area contributed by atoms with Gasteiger partial charge in [0.1, 0.15) is 5.82 Å². The molecule has 2 aromatic rings. The molecular weight excluding hydrogens is 238 g/mol. The minimum atomic E-state index is -0.455. The molecule has 0 radical (unpaired) electrons. The number of nitrogens with zero attached hydrogens (tertiary/aromatic N) is 2. The fourth-order valence-corrected chi connectivity index (χ4v) is 2.08. The Morgan fingerprint density at radius 1 is 1.47 bits per heavy atom. The summed E-state index contributed by atoms with van der Waals surface area (Å²) in [5.41, 5.74) is 7.65. The molecule has 2 rings (SSSR count). The summed E-state index contributed by atoms with van der Waals surface area (Å²) in [7, 11) is 0. The number of nitrogens with two attached hydrogens (primary N) is 1. The molecule has 2 atom stereocenters. The van der Waals surface area contributed by atoms with Crippen LogP contribution in [-0.2, 0) is 6.54 Å². The zero-order chi connectivity index (χ0) is 12.6. The van der Waals surface area contributed by atoms with Gasteiger partial charge in [-0.1, -0.05) is 11.6 Å². The highest BCUT2D eigenvalue weighted by Gasteiger charge is 2.15. The van der Waals surface area contributed by atoms with Crippen molar-refractivity contribution >= 4 is 22.6 Å². The number of hydrogen-bond donors (Lipinski definition) is 2. The van der Waals surface area contributed by atoms with Crippen molar-refractivity contribution in [2.45, 2.75) is 32.5 Å². The van der Waals surface area contributed by atoms with E-state index in [1.54, 1.807) is 13.0 Å². The number of aliphatic hydroxyl groups is 1. The van der Waals surface area contributed by atoms with Crippen LogP contribution in [0.1, 0.15) is 25.7 Å². The highest BCUT2D eigenvalue weighted by molar-refractivity contribution is 6.31. The Balaban J connectivity index is 2.64. The molecule has 0 amide bonds. The number of rotatable bonds is 3. The number of aromatic nitrogens is 2. The third-order valence-corrected chi connectivity index (χ3v) is 2.83. The van der Waals surface area contributed by atoms with Crippen LogP contribution in [-0.4, -0.2) is 20.8 Å². The molecule has 1 aromatic carbocycles. The molecule has 5 heteroatoms. The van der Waals surface area contributed by atoms with E-state index in [-0.39, 0.29) is 6.04 Å². The van der Waals surface area contributed by atoms with Gasteiger partial charge in [0.15, 0.2) is 0 Å². The van der Waals surface area contributed by atoms with E-state index in [1.807, 2.05) is 23.6 Å². The second kappa shape index (κ2) is 4.64. The van der Waals surface area contributed by atoms with Crippen LogP contribution in [0.2, 0.25) is 5.02 Å². The zero-order valence-corrected chi connectivity index (χ0v) is 10.6. The summed E-state index contributed by atoms with van der Waals surface area (Å²) in [6.45, 7) is 4.08. The van der Waals surface area contributed by atoms with Gasteiger partial charge in [-0.2, -0.15) is 0 Å². The fourth-order valence-electron chi connectivity index (χ4n) is 1.92. The SMILES string of the molecule is CC(O)Cn1c(C(C)N)nc2ccc(Cl)cc21. The van der Waals surface area contributed by atoms with Gasteiger partial charge in [-0.15, -0.1) is 0 Å². The van der Waals surface area contributed by atoms with Gasteiger partial charge in [0.05, 0.1) is 29.7 Å². The lowest BCUT2D eigenvalue weighted by molar-refractivity contribution is 0.173. The van der Waals surface area contributed by atoms with Gasteiger partial charge in [0.2, 0.25) is 0 Å². The second-order valence-electron chi connectivity index (χ2n) is 4.35. The molecule has 1 heterocycles. The van der Waals surface area contributed by atoms with E-state index < -0.39 is 6.10 Å². The van der Waals surface area contributed by atoms with Crippen molar-refractivity contribution in [2.24, 2.45) is 5.73 Å². The van der Waals surface area contributed by atoms with E-state index >= 15 is 0 Å². The Labute approximate surface area is 105 Å². The van der Waals surface area contributed by atoms with E-state index in [2.05, 4.69) is 4.98 Å². The molecule has 0 bridgehead atoms. The van der Waals surface area contributed by atoms with Crippen LogP contribution in [0.15, 0.2) is 18.2 Å². The van der Waals surface area contributed by atoms with Gasteiger partial charge in [0.25, 0.3) is 0 Å². The van der Waals surface area contributed by atoms with Gasteiger partial charge in [0, 0.05) is 5.02 Å². The van der Waals surface area contributed by atoms with Gasteiger partial charge >= 0.3 is 0 Å². The molecule has 92 valence electrons. The number of fused-ring (bicyclic) bond motifs is 1. The average molecular weight is 254 g/mol. The lowest BCUT2D eigenvalue weighted by Gasteiger charge is -2.13. The number of aliphatic hydroxyl groups excluding tert-OH is 1. The molecule has 0 aliphatic heterocycles. The molecule has 0 fully saturated rings. The molecule has 0 saturated carbocycles. The fraction of sp³-hybridized carbons (Fsp3) is 0.417. The van der Waals surface area contributed by atoms with E-state index in [1.165, 1.54) is 0 Å². The monoisotopic (exact) mass is 253 g/mol. The summed E-state index contributed by atoms with van der Waals surface area (Å²) in [4.78, 5) is 4.47. The summed E-state index contributed by atoms with van der Waals surface area (Å²) in [6.07, 6.45) is -0.455. The predicted molar refractivity (Wildman–Crippen MR) is 69.0 cm³/mol. The summed E-state index contributed by atoms with van der Waals surface area (Å²) in [5.74, 6) is 0.767. The first-order valence-electron chi connectivity index (χ1n) is 5.58. The van der Waals surface area contributed by atoms with Crippen molar-refractivity contribution in [1.29, 1.82) is 0 Å². The zero-order valence-electron chi connectivity index (χ0n) is 9.89.